The van der Waals surface area contributed by atoms with Gasteiger partial charge in [-0.15, -0.1) is 0 Å². The van der Waals surface area contributed by atoms with Gasteiger partial charge in [-0.3, -0.25) is 15.0 Å². The highest BCUT2D eigenvalue weighted by molar-refractivity contribution is 5.94. The van der Waals surface area contributed by atoms with Crippen LogP contribution in [0.4, 0.5) is 22.7 Å². The van der Waals surface area contributed by atoms with E-state index in [1.165, 1.54) is 24.8 Å². The first-order chi connectivity index (χ1) is 21.5. The van der Waals surface area contributed by atoms with Gasteiger partial charge in [-0.2, -0.15) is 0 Å². The molecule has 9 rings (SSSR count). The van der Waals surface area contributed by atoms with Crippen LogP contribution in [0.15, 0.2) is 79.1 Å². The fourth-order valence-corrected chi connectivity index (χ4v) is 7.62. The molecular formula is C36H33N7O. The van der Waals surface area contributed by atoms with Gasteiger partial charge in [-0.1, -0.05) is 6.07 Å². The van der Waals surface area contributed by atoms with Crippen molar-refractivity contribution in [2.24, 2.45) is 5.92 Å². The molecule has 3 N–H and O–H groups in total. The number of pyridine rings is 3. The van der Waals surface area contributed by atoms with Crippen LogP contribution in [0.2, 0.25) is 0 Å². The van der Waals surface area contributed by atoms with Gasteiger partial charge in [0, 0.05) is 45.4 Å². The van der Waals surface area contributed by atoms with Gasteiger partial charge < -0.3 is 20.4 Å². The Bertz CT molecular complexity index is 2070. The second-order valence-electron chi connectivity index (χ2n) is 12.8. The Hall–Kier alpha value is -4.82. The van der Waals surface area contributed by atoms with Crippen molar-refractivity contribution in [2.75, 3.05) is 10.6 Å². The average Bonchev–Trinajstić information content (AvgIpc) is 3.41. The smallest absolute Gasteiger partial charge is 0.157 e. The van der Waals surface area contributed by atoms with E-state index in [9.17, 15) is 0 Å². The van der Waals surface area contributed by atoms with Crippen LogP contribution in [0, 0.1) is 19.8 Å². The topological polar surface area (TPSA) is 101 Å². The van der Waals surface area contributed by atoms with Gasteiger partial charge >= 0.3 is 0 Å². The molecule has 1 saturated carbocycles. The molecule has 0 radical (unpaired) electrons. The van der Waals surface area contributed by atoms with Crippen LogP contribution in [0.25, 0.3) is 33.5 Å². The summed E-state index contributed by atoms with van der Waals surface area (Å²) in [5.74, 6) is 1.40. The minimum atomic E-state index is 0.283. The Labute approximate surface area is 255 Å². The number of imidazole rings is 1. The van der Waals surface area contributed by atoms with Crippen LogP contribution in [-0.4, -0.2) is 37.1 Å². The zero-order valence-corrected chi connectivity index (χ0v) is 24.8. The molecule has 44 heavy (non-hydrogen) atoms. The molecule has 3 fully saturated rings. The van der Waals surface area contributed by atoms with Gasteiger partial charge in [-0.25, -0.2) is 4.98 Å². The van der Waals surface area contributed by atoms with Crippen LogP contribution >= 0.6 is 0 Å². The van der Waals surface area contributed by atoms with Crippen molar-refractivity contribution in [1.82, 2.24) is 24.9 Å². The van der Waals surface area contributed by atoms with Crippen molar-refractivity contribution in [3.8, 4) is 11.5 Å². The summed E-state index contributed by atoms with van der Waals surface area (Å²) in [6.45, 7) is 4.03. The third-order valence-electron chi connectivity index (χ3n) is 9.78. The quantitative estimate of drug-likeness (QED) is 0.185. The van der Waals surface area contributed by atoms with Crippen molar-refractivity contribution in [3.05, 3.63) is 96.1 Å². The SMILES string of the molecule is Cc1cc(Nc2ccc3nc(-c4ccc(Nc5cc(C)nc6ccc(C78C[C@@H]9CC[C@@H](O9)[C@@H]7C8)cc56)cn4)[nH]c3c2)ccn1. The predicted octanol–water partition coefficient (Wildman–Crippen LogP) is 7.88. The first-order valence-electron chi connectivity index (χ1n) is 15.5. The van der Waals surface area contributed by atoms with Gasteiger partial charge in [0.2, 0.25) is 0 Å². The number of nitrogens with one attached hydrogen (secondary N) is 3. The fourth-order valence-electron chi connectivity index (χ4n) is 7.62. The predicted molar refractivity (Wildman–Crippen MR) is 174 cm³/mol. The van der Waals surface area contributed by atoms with E-state index >= 15 is 0 Å². The molecule has 6 heterocycles. The lowest BCUT2D eigenvalue weighted by atomic mass is 9.85. The van der Waals surface area contributed by atoms with Gasteiger partial charge in [0.15, 0.2) is 5.82 Å². The van der Waals surface area contributed by atoms with Crippen molar-refractivity contribution in [2.45, 2.75) is 57.2 Å². The Morgan fingerprint density at radius 1 is 0.795 bits per heavy atom. The highest BCUT2D eigenvalue weighted by atomic mass is 16.5. The number of aromatic nitrogens is 5. The summed E-state index contributed by atoms with van der Waals surface area (Å²) in [5.41, 5.74) is 11.3. The average molecular weight is 580 g/mol. The molecule has 3 aliphatic rings. The molecular weight excluding hydrogens is 546 g/mol. The highest BCUT2D eigenvalue weighted by Gasteiger charge is 2.64. The Morgan fingerprint density at radius 3 is 2.57 bits per heavy atom. The third-order valence-corrected chi connectivity index (χ3v) is 9.78. The van der Waals surface area contributed by atoms with Gasteiger partial charge in [-0.05, 0) is 112 Å². The molecule has 0 amide bonds. The number of hydrogen-bond acceptors (Lipinski definition) is 7. The Balaban J connectivity index is 0.976. The van der Waals surface area contributed by atoms with Crippen LogP contribution in [-0.2, 0) is 10.2 Å². The first kappa shape index (κ1) is 25.7. The van der Waals surface area contributed by atoms with Crippen LogP contribution < -0.4 is 10.6 Å². The molecule has 218 valence electrons. The molecule has 1 aliphatic carbocycles. The van der Waals surface area contributed by atoms with E-state index in [4.69, 9.17) is 19.7 Å². The molecule has 0 spiro atoms. The molecule has 2 aromatic carbocycles. The number of benzene rings is 2. The second-order valence-corrected chi connectivity index (χ2v) is 12.8. The number of anilines is 4. The number of hydrogen-bond donors (Lipinski definition) is 3. The zero-order valence-electron chi connectivity index (χ0n) is 24.8. The number of fused-ring (bicyclic) bond motifs is 6. The van der Waals surface area contributed by atoms with E-state index in [-0.39, 0.29) is 5.41 Å². The van der Waals surface area contributed by atoms with E-state index in [0.717, 1.165) is 74.0 Å². The number of H-pyrrole nitrogens is 1. The van der Waals surface area contributed by atoms with E-state index in [1.807, 2.05) is 56.6 Å². The third kappa shape index (κ3) is 4.32. The summed E-state index contributed by atoms with van der Waals surface area (Å²) in [4.78, 5) is 22.1. The Morgan fingerprint density at radius 2 is 1.68 bits per heavy atom. The second kappa shape index (κ2) is 9.59. The van der Waals surface area contributed by atoms with E-state index in [1.54, 1.807) is 0 Å². The number of nitrogens with zero attached hydrogens (tertiary/aromatic N) is 4. The monoisotopic (exact) mass is 579 g/mol. The summed E-state index contributed by atoms with van der Waals surface area (Å²) >= 11 is 0. The normalized spacial score (nSPS) is 23.5. The zero-order chi connectivity index (χ0) is 29.4. The van der Waals surface area contributed by atoms with Crippen LogP contribution in [0.1, 0.15) is 42.6 Å². The summed E-state index contributed by atoms with van der Waals surface area (Å²) in [6.07, 6.45) is 9.39. The van der Waals surface area contributed by atoms with E-state index in [2.05, 4.69) is 57.0 Å². The summed E-state index contributed by atoms with van der Waals surface area (Å²) < 4.78 is 6.25. The van der Waals surface area contributed by atoms with Gasteiger partial charge in [0.1, 0.15) is 5.69 Å². The minimum Gasteiger partial charge on any atom is -0.375 e. The van der Waals surface area contributed by atoms with Crippen molar-refractivity contribution in [3.63, 3.8) is 0 Å². The lowest BCUT2D eigenvalue weighted by molar-refractivity contribution is -0.00879. The molecule has 2 bridgehead atoms. The van der Waals surface area contributed by atoms with Crippen LogP contribution in [0.3, 0.4) is 0 Å². The molecule has 4 atom stereocenters. The summed E-state index contributed by atoms with van der Waals surface area (Å²) in [7, 11) is 0. The number of aromatic amines is 1. The molecule has 4 aromatic heterocycles. The maximum atomic E-state index is 6.25. The lowest BCUT2D eigenvalue weighted by Gasteiger charge is -2.29. The number of ether oxygens (including phenoxy) is 1. The maximum Gasteiger partial charge on any atom is 0.157 e. The maximum absolute atomic E-state index is 6.25. The standard InChI is InChI=1S/C36H33N7O/c1-20-13-24(11-12-37-20)40-23-4-8-30-33(16-23)43-35(42-30)31-9-5-25(19-38-31)41-32-14-21(2)39-29-7-3-22(15-27(29)32)36-17-26-6-10-34(44-26)28(36)18-36/h3-5,7-9,11-16,19,26,28,34H,6,10,17-18H2,1-2H3,(H,37,40)(H,39,41)(H,42,43)/t26-,28-,34+,36?/m0/s1. The molecule has 8 nitrogen and oxygen atoms in total. The van der Waals surface area contributed by atoms with E-state index in [0.29, 0.717) is 18.1 Å². The van der Waals surface area contributed by atoms with E-state index < -0.39 is 0 Å². The molecule has 6 aromatic rings. The first-order valence-corrected chi connectivity index (χ1v) is 15.5. The van der Waals surface area contributed by atoms with Gasteiger partial charge in [0.05, 0.1) is 40.6 Å². The molecule has 1 unspecified atom stereocenters. The molecule has 8 heteroatoms. The summed E-state index contributed by atoms with van der Waals surface area (Å²) in [5, 5.41) is 8.24. The van der Waals surface area contributed by atoms with Crippen molar-refractivity contribution < 1.29 is 4.74 Å². The Kier molecular flexibility index (Phi) is 5.59. The van der Waals surface area contributed by atoms with Crippen LogP contribution in [0.5, 0.6) is 0 Å². The lowest BCUT2D eigenvalue weighted by Crippen LogP contribution is -2.29. The summed E-state index contributed by atoms with van der Waals surface area (Å²) in [6, 6.07) is 23.2. The molecule has 2 saturated heterocycles. The van der Waals surface area contributed by atoms with Crippen molar-refractivity contribution >= 4 is 44.7 Å². The minimum absolute atomic E-state index is 0.283. The molecule has 2 aliphatic heterocycles. The number of rotatable bonds is 6. The fraction of sp³-hybridized carbons (Fsp3) is 0.278. The highest BCUT2D eigenvalue weighted by Crippen LogP contribution is 2.65. The largest absolute Gasteiger partial charge is 0.375 e. The van der Waals surface area contributed by atoms with Gasteiger partial charge in [0.25, 0.3) is 0 Å². The number of aryl methyl sites for hydroxylation is 2. The van der Waals surface area contributed by atoms with Crippen molar-refractivity contribution in [1.29, 1.82) is 0 Å².